The smallest absolute Gasteiger partial charge is 0.318 e. The molecule has 4 N–H and O–H groups in total. The van der Waals surface area contributed by atoms with Crippen LogP contribution in [-0.2, 0) is 9.59 Å². The molecular weight excluding hydrogens is 771 g/mol. The van der Waals surface area contributed by atoms with Crippen molar-refractivity contribution in [3.05, 3.63) is 108 Å². The van der Waals surface area contributed by atoms with Gasteiger partial charge in [0.05, 0.1) is 34.6 Å². The number of benzene rings is 5. The van der Waals surface area contributed by atoms with Crippen LogP contribution in [-0.4, -0.2) is 86.0 Å². The highest BCUT2D eigenvalue weighted by Gasteiger charge is 2.24. The van der Waals surface area contributed by atoms with E-state index in [-0.39, 0.29) is 22.9 Å². The largest absolute Gasteiger partial charge is 0.497 e. The van der Waals surface area contributed by atoms with Crippen molar-refractivity contribution in [3.63, 3.8) is 0 Å². The third-order valence-electron chi connectivity index (χ3n) is 8.55. The van der Waals surface area contributed by atoms with E-state index in [1.165, 1.54) is 0 Å². The zero-order chi connectivity index (χ0) is 39.5. The van der Waals surface area contributed by atoms with Crippen LogP contribution in [0.3, 0.4) is 0 Å². The molecule has 0 saturated carbocycles. The van der Waals surface area contributed by atoms with Gasteiger partial charge >= 0.3 is 17.6 Å². The topological polar surface area (TPSA) is 222 Å². The summed E-state index contributed by atoms with van der Waals surface area (Å²) in [4.78, 5) is 57.7. The summed E-state index contributed by atoms with van der Waals surface area (Å²) in [5.74, 6) is -0.886. The Morgan fingerprint density at radius 1 is 0.614 bits per heavy atom. The average molecular weight is 799 g/mol. The first kappa shape index (κ1) is 36.8. The normalized spacial score (nSPS) is 11.2. The van der Waals surface area contributed by atoms with E-state index in [1.807, 2.05) is 66.7 Å². The molecular formula is C39H28N9O7S2+. The lowest BCUT2D eigenvalue weighted by Crippen LogP contribution is -2.07. The number of carboxylic acids is 2. The molecule has 0 saturated heterocycles. The maximum Gasteiger partial charge on any atom is 0.318 e. The molecule has 0 aliphatic carbocycles. The number of fused-ring (bicyclic) bond motifs is 2. The number of rotatable bonds is 14. The minimum atomic E-state index is -1.00. The van der Waals surface area contributed by atoms with Crippen LogP contribution in [0.5, 0.6) is 11.5 Å². The number of thioether (sulfide) groups is 2. The average Bonchev–Trinajstić information content (AvgIpc) is 3.92. The van der Waals surface area contributed by atoms with Crippen molar-refractivity contribution in [2.75, 3.05) is 18.6 Å². The van der Waals surface area contributed by atoms with Gasteiger partial charge in [-0.1, -0.05) is 47.8 Å². The van der Waals surface area contributed by atoms with E-state index >= 15 is 0 Å². The molecule has 8 aromatic rings. The number of carbonyl (C=O) groups is 2. The number of methoxy groups -OCH3 is 1. The van der Waals surface area contributed by atoms with E-state index in [4.69, 9.17) is 19.8 Å². The molecule has 0 unspecified atom stereocenters. The van der Waals surface area contributed by atoms with Crippen molar-refractivity contribution in [1.82, 2.24) is 40.3 Å². The fourth-order valence-electron chi connectivity index (χ4n) is 5.94. The minimum Gasteiger partial charge on any atom is -0.497 e. The fourth-order valence-corrected chi connectivity index (χ4v) is 7.00. The summed E-state index contributed by atoms with van der Waals surface area (Å²) in [5.41, 5.74) is 5.35. The number of carboxylic acid groups (broad SMARTS) is 2. The van der Waals surface area contributed by atoms with Crippen molar-refractivity contribution < 1.29 is 34.3 Å². The number of nitrogens with one attached hydrogen (secondary N) is 2. The van der Waals surface area contributed by atoms with Gasteiger partial charge in [0.1, 0.15) is 5.75 Å². The van der Waals surface area contributed by atoms with Gasteiger partial charge in [-0.25, -0.2) is 0 Å². The van der Waals surface area contributed by atoms with E-state index < -0.39 is 11.9 Å². The molecule has 16 nitrogen and oxygen atoms in total. The van der Waals surface area contributed by atoms with Gasteiger partial charge in [0.2, 0.25) is 5.75 Å². The van der Waals surface area contributed by atoms with Crippen molar-refractivity contribution in [3.8, 4) is 56.5 Å². The van der Waals surface area contributed by atoms with Crippen LogP contribution in [0, 0.1) is 4.91 Å². The lowest BCUT2D eigenvalue weighted by Gasteiger charge is -2.09. The molecule has 3 heterocycles. The second kappa shape index (κ2) is 15.9. The lowest BCUT2D eigenvalue weighted by atomic mass is 9.99. The monoisotopic (exact) mass is 798 g/mol. The number of ether oxygens (including phenoxy) is 1. The zero-order valence-electron chi connectivity index (χ0n) is 29.6. The quantitative estimate of drug-likeness (QED) is 0.0619. The number of aromatic amines is 2. The van der Waals surface area contributed by atoms with E-state index in [2.05, 4.69) is 40.3 Å². The summed E-state index contributed by atoms with van der Waals surface area (Å²) in [6.45, 7) is 0. The predicted molar refractivity (Wildman–Crippen MR) is 212 cm³/mol. The highest BCUT2D eigenvalue weighted by Crippen LogP contribution is 2.36. The molecule has 3 aromatic heterocycles. The molecule has 0 atom stereocenters. The van der Waals surface area contributed by atoms with Gasteiger partial charge in [-0.05, 0) is 87.6 Å². The molecule has 8 rings (SSSR count). The number of hydrogen-bond acceptors (Lipinski definition) is 13. The fraction of sp³-hybridized carbons (Fsp3) is 0.0769. The molecule has 0 aliphatic heterocycles. The SMILES string of the molecule is COc1ccc2cc(-c3cc(O[N+](=O)c4cc(-c5ccc6nccnc6c5)cc(-c5nnc(SCC(=O)O)[nH]5)c4)cc(-c4nnc(SCC(=O)O)[nH]4)c3)ccc2c1. The molecule has 0 aliphatic rings. The highest BCUT2D eigenvalue weighted by molar-refractivity contribution is 8.00. The molecule has 282 valence electrons. The number of H-pyrrole nitrogens is 2. The third-order valence-corrected chi connectivity index (χ3v) is 10.2. The van der Waals surface area contributed by atoms with E-state index in [0.717, 1.165) is 51.2 Å². The third kappa shape index (κ3) is 8.41. The first-order chi connectivity index (χ1) is 27.7. The van der Waals surface area contributed by atoms with Crippen molar-refractivity contribution in [1.29, 1.82) is 0 Å². The van der Waals surface area contributed by atoms with Crippen LogP contribution in [0.25, 0.3) is 66.8 Å². The Morgan fingerprint density at radius 3 is 1.86 bits per heavy atom. The van der Waals surface area contributed by atoms with Gasteiger partial charge in [0, 0.05) is 35.7 Å². The van der Waals surface area contributed by atoms with Gasteiger partial charge in [0.25, 0.3) is 4.92 Å². The standard InChI is InChI=1S/C39H27N9O7S2/c1-54-30-6-4-21-10-22(2-3-23(21)15-30)26-12-28(37-43-39(47-45-37)57-20-35(51)52)17-31(16-26)55-48(53)29-13-25(24-5-7-32-33(18-24)41-9-8-40-32)11-27(14-29)36-42-38(46-44-36)56-19-34(49)50/h2-18H,19-20H2,1H3,(H3-,42,43,44,45,46,47,49,50,51,52)/p+1. The maximum atomic E-state index is 14.1. The Bertz CT molecular complexity index is 2850. The van der Waals surface area contributed by atoms with Gasteiger partial charge in [-0.3, -0.25) is 19.6 Å². The van der Waals surface area contributed by atoms with E-state index in [0.29, 0.717) is 60.2 Å². The number of nitrogens with zero attached hydrogens (tertiary/aromatic N) is 7. The molecule has 0 amide bonds. The molecule has 57 heavy (non-hydrogen) atoms. The van der Waals surface area contributed by atoms with Gasteiger partial charge in [-0.2, -0.15) is 4.84 Å². The summed E-state index contributed by atoms with van der Waals surface area (Å²) in [6, 6.07) is 27.5. The second-order valence-electron chi connectivity index (χ2n) is 12.4. The Hall–Kier alpha value is -7.18. The summed E-state index contributed by atoms with van der Waals surface area (Å²) >= 11 is 1.97. The van der Waals surface area contributed by atoms with Crippen LogP contribution >= 0.6 is 23.5 Å². The van der Waals surface area contributed by atoms with Gasteiger partial charge in [0.15, 0.2) is 22.0 Å². The van der Waals surface area contributed by atoms with Crippen LogP contribution in [0.4, 0.5) is 5.69 Å². The summed E-state index contributed by atoms with van der Waals surface area (Å²) in [5, 5.41) is 37.5. The summed E-state index contributed by atoms with van der Waals surface area (Å²) in [6.07, 6.45) is 3.20. The van der Waals surface area contributed by atoms with Crippen molar-refractivity contribution in [2.24, 2.45) is 0 Å². The lowest BCUT2D eigenvalue weighted by molar-refractivity contribution is -0.697. The Kier molecular flexibility index (Phi) is 10.3. The van der Waals surface area contributed by atoms with Crippen LogP contribution in [0.2, 0.25) is 0 Å². The maximum absolute atomic E-state index is 14.1. The Balaban J connectivity index is 1.19. The van der Waals surface area contributed by atoms with Crippen LogP contribution in [0.1, 0.15) is 0 Å². The zero-order valence-corrected chi connectivity index (χ0v) is 31.2. The highest BCUT2D eigenvalue weighted by atomic mass is 32.2. The second-order valence-corrected chi connectivity index (χ2v) is 14.3. The van der Waals surface area contributed by atoms with E-state index in [1.54, 1.807) is 43.8 Å². The summed E-state index contributed by atoms with van der Waals surface area (Å²) in [7, 11) is 1.61. The number of aliphatic carboxylic acids is 2. The summed E-state index contributed by atoms with van der Waals surface area (Å²) < 4.78 is 5.39. The van der Waals surface area contributed by atoms with Crippen LogP contribution in [0.15, 0.2) is 114 Å². The van der Waals surface area contributed by atoms with Crippen molar-refractivity contribution in [2.45, 2.75) is 10.3 Å². The minimum absolute atomic E-state index is 0.108. The molecule has 0 radical (unpaired) electrons. The molecule has 0 bridgehead atoms. The first-order valence-electron chi connectivity index (χ1n) is 17.0. The molecule has 5 aromatic carbocycles. The molecule has 18 heteroatoms. The number of hydrogen-bond donors (Lipinski definition) is 4. The van der Waals surface area contributed by atoms with Gasteiger partial charge < -0.3 is 24.9 Å². The molecule has 0 spiro atoms. The first-order valence-corrected chi connectivity index (χ1v) is 18.9. The van der Waals surface area contributed by atoms with Crippen molar-refractivity contribution >= 4 is 63.0 Å². The van der Waals surface area contributed by atoms with Crippen LogP contribution < -0.4 is 9.57 Å². The predicted octanol–water partition coefficient (Wildman–Crippen LogP) is 7.45. The number of aromatic nitrogens is 8. The van der Waals surface area contributed by atoms with Gasteiger partial charge in [-0.15, -0.1) is 20.4 Å². The Morgan fingerprint density at radius 2 is 1.18 bits per heavy atom. The Labute approximate surface area is 330 Å². The molecule has 0 fully saturated rings. The van der Waals surface area contributed by atoms with E-state index in [9.17, 15) is 14.5 Å².